The highest BCUT2D eigenvalue weighted by Crippen LogP contribution is 2.22. The first-order chi connectivity index (χ1) is 11.5. The molecule has 0 amide bonds. The molecule has 24 heavy (non-hydrogen) atoms. The highest BCUT2D eigenvalue weighted by Gasteiger charge is 2.19. The number of nitrogens with zero attached hydrogens (tertiary/aromatic N) is 3. The Morgan fingerprint density at radius 2 is 2.04 bits per heavy atom. The monoisotopic (exact) mass is 365 g/mol. The van der Waals surface area contributed by atoms with Gasteiger partial charge in [-0.25, -0.2) is 4.98 Å². The van der Waals surface area contributed by atoms with Crippen LogP contribution >= 0.6 is 23.8 Å². The highest BCUT2D eigenvalue weighted by molar-refractivity contribution is 7.80. The van der Waals surface area contributed by atoms with Crippen molar-refractivity contribution in [3.05, 3.63) is 53.1 Å². The largest absolute Gasteiger partial charge is 0.363 e. The summed E-state index contributed by atoms with van der Waals surface area (Å²) in [7, 11) is 6.10. The average molecular weight is 366 g/mol. The van der Waals surface area contributed by atoms with Crippen LogP contribution in [0.5, 0.6) is 0 Å². The Balaban J connectivity index is 2.05. The molecule has 1 aromatic heterocycles. The minimum absolute atomic E-state index is 0.129. The van der Waals surface area contributed by atoms with E-state index in [1.807, 2.05) is 42.1 Å². The molecule has 1 atom stereocenters. The summed E-state index contributed by atoms with van der Waals surface area (Å²) in [6.07, 6.45) is 4.74. The molecule has 2 rings (SSSR count). The third-order valence-corrected chi connectivity index (χ3v) is 4.18. The van der Waals surface area contributed by atoms with E-state index in [2.05, 4.69) is 34.6 Å². The Kier molecular flexibility index (Phi) is 7.02. The number of benzene rings is 1. The second kappa shape index (κ2) is 9.01. The summed E-state index contributed by atoms with van der Waals surface area (Å²) in [6, 6.07) is 7.60. The van der Waals surface area contributed by atoms with Crippen LogP contribution in [0.4, 0.5) is 0 Å². The average Bonchev–Trinajstić information content (AvgIpc) is 2.96. The van der Waals surface area contributed by atoms with Gasteiger partial charge in [-0.1, -0.05) is 23.7 Å². The number of thiocarbonyl (C=S) groups is 1. The first-order valence-electron chi connectivity index (χ1n) is 7.89. The van der Waals surface area contributed by atoms with E-state index in [0.29, 0.717) is 10.1 Å². The van der Waals surface area contributed by atoms with Crippen LogP contribution in [-0.2, 0) is 7.05 Å². The maximum atomic E-state index is 6.00. The van der Waals surface area contributed by atoms with Crippen molar-refractivity contribution in [2.75, 3.05) is 27.2 Å². The van der Waals surface area contributed by atoms with Crippen molar-refractivity contribution in [3.8, 4) is 0 Å². The maximum absolute atomic E-state index is 6.00. The van der Waals surface area contributed by atoms with Crippen LogP contribution in [-0.4, -0.2) is 46.7 Å². The van der Waals surface area contributed by atoms with Crippen LogP contribution in [0.15, 0.2) is 36.7 Å². The number of nitrogens with one attached hydrogen (secondary N) is 2. The van der Waals surface area contributed by atoms with E-state index >= 15 is 0 Å². The summed E-state index contributed by atoms with van der Waals surface area (Å²) in [5, 5.41) is 7.96. The predicted octanol–water partition coefficient (Wildman–Crippen LogP) is 2.58. The first-order valence-corrected chi connectivity index (χ1v) is 8.68. The van der Waals surface area contributed by atoms with Gasteiger partial charge in [0.2, 0.25) is 0 Å². The van der Waals surface area contributed by atoms with E-state index in [4.69, 9.17) is 23.8 Å². The lowest BCUT2D eigenvalue weighted by atomic mass is 10.1. The molecular formula is C17H24ClN5S. The third-order valence-electron chi connectivity index (χ3n) is 3.66. The Morgan fingerprint density at radius 1 is 1.33 bits per heavy atom. The molecule has 1 aromatic carbocycles. The molecule has 0 spiro atoms. The number of hydrogen-bond acceptors (Lipinski definition) is 3. The molecule has 0 saturated heterocycles. The topological polar surface area (TPSA) is 45.1 Å². The number of aryl methyl sites for hydroxylation is 1. The van der Waals surface area contributed by atoms with Gasteiger partial charge in [0, 0.05) is 31.0 Å². The lowest BCUT2D eigenvalue weighted by Gasteiger charge is -2.21. The Hall–Kier alpha value is -1.63. The van der Waals surface area contributed by atoms with E-state index < -0.39 is 0 Å². The molecule has 0 fully saturated rings. The number of hydrogen-bond donors (Lipinski definition) is 2. The van der Waals surface area contributed by atoms with E-state index in [0.717, 1.165) is 30.9 Å². The van der Waals surface area contributed by atoms with Crippen molar-refractivity contribution in [2.45, 2.75) is 12.5 Å². The molecule has 2 N–H and O–H groups in total. The van der Waals surface area contributed by atoms with Crippen LogP contribution in [0.3, 0.4) is 0 Å². The molecule has 2 aromatic rings. The molecular weight excluding hydrogens is 342 g/mol. The zero-order chi connectivity index (χ0) is 17.5. The zero-order valence-corrected chi connectivity index (χ0v) is 15.9. The van der Waals surface area contributed by atoms with Gasteiger partial charge < -0.3 is 20.1 Å². The molecule has 1 heterocycles. The van der Waals surface area contributed by atoms with Crippen molar-refractivity contribution >= 4 is 28.9 Å². The normalized spacial score (nSPS) is 12.2. The van der Waals surface area contributed by atoms with Gasteiger partial charge in [0.25, 0.3) is 0 Å². The summed E-state index contributed by atoms with van der Waals surface area (Å²) in [5.41, 5.74) is 1.06. The SMILES string of the molecule is CN(C)CCCNC(=S)N[C@@H](c1ccc(Cl)cc1)c1nccn1C. The second-order valence-corrected chi connectivity index (χ2v) is 6.78. The van der Waals surface area contributed by atoms with Crippen molar-refractivity contribution in [1.82, 2.24) is 25.1 Å². The van der Waals surface area contributed by atoms with Crippen molar-refractivity contribution in [1.29, 1.82) is 0 Å². The summed E-state index contributed by atoms with van der Waals surface area (Å²) in [5.74, 6) is 0.898. The lowest BCUT2D eigenvalue weighted by Crippen LogP contribution is -2.39. The van der Waals surface area contributed by atoms with Crippen LogP contribution in [0.2, 0.25) is 5.02 Å². The Morgan fingerprint density at radius 3 is 2.62 bits per heavy atom. The van der Waals surface area contributed by atoms with Gasteiger partial charge in [-0.05, 0) is 57.0 Å². The van der Waals surface area contributed by atoms with Gasteiger partial charge in [-0.2, -0.15) is 0 Å². The van der Waals surface area contributed by atoms with Gasteiger partial charge in [-0.15, -0.1) is 0 Å². The molecule has 0 aliphatic carbocycles. The summed E-state index contributed by atoms with van der Waals surface area (Å²) >= 11 is 11.5. The van der Waals surface area contributed by atoms with Gasteiger partial charge in [0.1, 0.15) is 11.9 Å². The summed E-state index contributed by atoms with van der Waals surface area (Å²) < 4.78 is 1.99. The Bertz CT molecular complexity index is 653. The van der Waals surface area contributed by atoms with E-state index in [1.165, 1.54) is 0 Å². The smallest absolute Gasteiger partial charge is 0.167 e. The minimum Gasteiger partial charge on any atom is -0.363 e. The molecule has 5 nitrogen and oxygen atoms in total. The molecule has 0 aliphatic rings. The number of rotatable bonds is 7. The standard InChI is InChI=1S/C17H24ClN5S/c1-22(2)11-4-9-20-17(24)21-15(16-19-10-12-23(16)3)13-5-7-14(18)8-6-13/h5-8,10,12,15H,4,9,11H2,1-3H3,(H2,20,21,24)/t15-/m0/s1. The van der Waals surface area contributed by atoms with Crippen LogP contribution < -0.4 is 10.6 Å². The lowest BCUT2D eigenvalue weighted by molar-refractivity contribution is 0.400. The molecule has 0 radical (unpaired) electrons. The fourth-order valence-corrected chi connectivity index (χ4v) is 2.73. The molecule has 7 heteroatoms. The summed E-state index contributed by atoms with van der Waals surface area (Å²) in [4.78, 5) is 6.62. The van der Waals surface area contributed by atoms with E-state index in [-0.39, 0.29) is 6.04 Å². The fraction of sp³-hybridized carbons (Fsp3) is 0.412. The number of halogens is 1. The minimum atomic E-state index is -0.129. The van der Waals surface area contributed by atoms with Crippen LogP contribution in [0, 0.1) is 0 Å². The zero-order valence-electron chi connectivity index (χ0n) is 14.3. The predicted molar refractivity (Wildman–Crippen MR) is 103 cm³/mol. The molecule has 0 saturated carbocycles. The molecule has 0 aliphatic heterocycles. The van der Waals surface area contributed by atoms with E-state index in [9.17, 15) is 0 Å². The number of aromatic nitrogens is 2. The second-order valence-electron chi connectivity index (χ2n) is 5.94. The van der Waals surface area contributed by atoms with Crippen molar-refractivity contribution < 1.29 is 0 Å². The molecule has 0 unspecified atom stereocenters. The maximum Gasteiger partial charge on any atom is 0.167 e. The Labute approximate surface area is 154 Å². The first kappa shape index (κ1) is 18.7. The summed E-state index contributed by atoms with van der Waals surface area (Å²) in [6.45, 7) is 1.85. The quantitative estimate of drug-likeness (QED) is 0.583. The number of imidazole rings is 1. The van der Waals surface area contributed by atoms with Gasteiger partial charge in [0.15, 0.2) is 5.11 Å². The van der Waals surface area contributed by atoms with Crippen LogP contribution in [0.25, 0.3) is 0 Å². The van der Waals surface area contributed by atoms with Crippen LogP contribution in [0.1, 0.15) is 23.9 Å². The fourth-order valence-electron chi connectivity index (χ4n) is 2.39. The van der Waals surface area contributed by atoms with Crippen molar-refractivity contribution in [3.63, 3.8) is 0 Å². The van der Waals surface area contributed by atoms with Gasteiger partial charge in [-0.3, -0.25) is 0 Å². The third kappa shape index (κ3) is 5.47. The highest BCUT2D eigenvalue weighted by atomic mass is 35.5. The van der Waals surface area contributed by atoms with Crippen molar-refractivity contribution in [2.24, 2.45) is 7.05 Å². The van der Waals surface area contributed by atoms with Gasteiger partial charge in [0.05, 0.1) is 0 Å². The van der Waals surface area contributed by atoms with Gasteiger partial charge >= 0.3 is 0 Å². The molecule has 130 valence electrons. The molecule has 0 bridgehead atoms. The van der Waals surface area contributed by atoms with E-state index in [1.54, 1.807) is 6.20 Å².